The number of non-ortho nitro benzene ring substituents is 1. The molecule has 3 rings (SSSR count). The number of carbonyl (C=O) groups is 2. The zero-order valence-electron chi connectivity index (χ0n) is 17.1. The van der Waals surface area contributed by atoms with Gasteiger partial charge < -0.3 is 19.5 Å². The van der Waals surface area contributed by atoms with Gasteiger partial charge in [-0.2, -0.15) is 0 Å². The molecule has 9 heteroatoms. The number of ether oxygens (including phenoxy) is 3. The molecule has 9 nitrogen and oxygen atoms in total. The van der Waals surface area contributed by atoms with Gasteiger partial charge in [-0.1, -0.05) is 30.3 Å². The van der Waals surface area contributed by atoms with Crippen molar-refractivity contribution in [3.8, 4) is 17.2 Å². The van der Waals surface area contributed by atoms with Gasteiger partial charge in [0.25, 0.3) is 5.69 Å². The first-order valence-electron chi connectivity index (χ1n) is 9.57. The Hall–Kier alpha value is -4.40. The van der Waals surface area contributed by atoms with Gasteiger partial charge in [0.2, 0.25) is 0 Å². The Morgan fingerprint density at radius 1 is 0.906 bits per heavy atom. The van der Waals surface area contributed by atoms with Gasteiger partial charge in [-0.05, 0) is 42.0 Å². The van der Waals surface area contributed by atoms with Crippen LogP contribution in [0.4, 0.5) is 10.5 Å². The summed E-state index contributed by atoms with van der Waals surface area (Å²) in [4.78, 5) is 34.5. The predicted octanol–water partition coefficient (Wildman–Crippen LogP) is 4.26. The average Bonchev–Trinajstić information content (AvgIpc) is 2.80. The maximum Gasteiger partial charge on any atom is 0.413 e. The van der Waals surface area contributed by atoms with Crippen LogP contribution in [-0.4, -0.2) is 30.1 Å². The molecule has 0 heterocycles. The second-order valence-electron chi connectivity index (χ2n) is 6.62. The topological polar surface area (TPSA) is 117 Å². The zero-order chi connectivity index (χ0) is 22.9. The SMILES string of the molecule is COC(=O)[C@H](Cc1ccc(Oc2ccccc2)cc1)NC(=O)Oc1ccc([N+](=O)[O-])cc1. The number of methoxy groups -OCH3 is 1. The van der Waals surface area contributed by atoms with Crippen molar-refractivity contribution in [1.82, 2.24) is 5.32 Å². The fourth-order valence-electron chi connectivity index (χ4n) is 2.80. The standard InChI is InChI=1S/C23H20N2O7/c1-30-22(26)21(24-23(27)32-20-13-9-17(10-14-20)25(28)29)15-16-7-11-19(12-8-16)31-18-5-3-2-4-6-18/h2-14,21H,15H2,1H3,(H,24,27)/t21-/m0/s1. The highest BCUT2D eigenvalue weighted by Gasteiger charge is 2.23. The normalized spacial score (nSPS) is 11.2. The highest BCUT2D eigenvalue weighted by Crippen LogP contribution is 2.22. The van der Waals surface area contributed by atoms with Crippen LogP contribution in [0.2, 0.25) is 0 Å². The third kappa shape index (κ3) is 6.30. The third-order valence-electron chi connectivity index (χ3n) is 4.38. The molecule has 32 heavy (non-hydrogen) atoms. The molecule has 1 atom stereocenters. The van der Waals surface area contributed by atoms with Gasteiger partial charge in [0.15, 0.2) is 0 Å². The lowest BCUT2D eigenvalue weighted by Gasteiger charge is -2.16. The van der Waals surface area contributed by atoms with Crippen molar-refractivity contribution in [2.45, 2.75) is 12.5 Å². The molecular weight excluding hydrogens is 416 g/mol. The van der Waals surface area contributed by atoms with Crippen LogP contribution >= 0.6 is 0 Å². The molecule has 0 saturated carbocycles. The molecule has 0 radical (unpaired) electrons. The molecule has 0 aromatic heterocycles. The lowest BCUT2D eigenvalue weighted by molar-refractivity contribution is -0.384. The molecule has 0 bridgehead atoms. The quantitative estimate of drug-likeness (QED) is 0.318. The van der Waals surface area contributed by atoms with Crippen molar-refractivity contribution in [1.29, 1.82) is 0 Å². The van der Waals surface area contributed by atoms with Gasteiger partial charge in [0.1, 0.15) is 23.3 Å². The summed E-state index contributed by atoms with van der Waals surface area (Å²) >= 11 is 0. The van der Waals surface area contributed by atoms with Gasteiger partial charge in [-0.15, -0.1) is 0 Å². The first-order valence-corrected chi connectivity index (χ1v) is 9.57. The van der Waals surface area contributed by atoms with E-state index in [-0.39, 0.29) is 17.9 Å². The molecule has 0 aliphatic carbocycles. The maximum atomic E-state index is 12.2. The van der Waals surface area contributed by atoms with E-state index in [1.54, 1.807) is 24.3 Å². The second kappa shape index (κ2) is 10.6. The van der Waals surface area contributed by atoms with Crippen LogP contribution in [0.5, 0.6) is 17.2 Å². The maximum absolute atomic E-state index is 12.2. The van der Waals surface area contributed by atoms with E-state index in [1.807, 2.05) is 30.3 Å². The number of nitrogens with zero attached hydrogens (tertiary/aromatic N) is 1. The van der Waals surface area contributed by atoms with Crippen molar-refractivity contribution < 1.29 is 28.7 Å². The molecule has 0 unspecified atom stereocenters. The molecule has 3 aromatic carbocycles. The lowest BCUT2D eigenvalue weighted by Crippen LogP contribution is -2.44. The molecule has 0 spiro atoms. The minimum Gasteiger partial charge on any atom is -0.467 e. The summed E-state index contributed by atoms with van der Waals surface area (Å²) in [5.74, 6) is 0.776. The summed E-state index contributed by atoms with van der Waals surface area (Å²) in [7, 11) is 1.22. The van der Waals surface area contributed by atoms with Gasteiger partial charge in [-0.25, -0.2) is 9.59 Å². The summed E-state index contributed by atoms with van der Waals surface area (Å²) in [6, 6.07) is 20.4. The number of hydrogen-bond donors (Lipinski definition) is 1. The molecule has 164 valence electrons. The van der Waals surface area contributed by atoms with Crippen molar-refractivity contribution in [3.05, 3.63) is 94.5 Å². The fourth-order valence-corrected chi connectivity index (χ4v) is 2.80. The third-order valence-corrected chi connectivity index (χ3v) is 4.38. The molecule has 1 amide bonds. The first-order chi connectivity index (χ1) is 15.4. The number of para-hydroxylation sites is 1. The van der Waals surface area contributed by atoms with Gasteiger partial charge in [-0.3, -0.25) is 10.1 Å². The number of hydrogen-bond acceptors (Lipinski definition) is 7. The summed E-state index contributed by atoms with van der Waals surface area (Å²) in [6.45, 7) is 0. The van der Waals surface area contributed by atoms with Crippen LogP contribution in [0.3, 0.4) is 0 Å². The summed E-state index contributed by atoms with van der Waals surface area (Å²) in [5, 5.41) is 13.2. The highest BCUT2D eigenvalue weighted by atomic mass is 16.6. The van der Waals surface area contributed by atoms with E-state index >= 15 is 0 Å². The fraction of sp³-hybridized carbons (Fsp3) is 0.130. The first kappa shape index (κ1) is 22.3. The van der Waals surface area contributed by atoms with Crippen LogP contribution < -0.4 is 14.8 Å². The Labute approximate surface area is 183 Å². The molecule has 0 saturated heterocycles. The second-order valence-corrected chi connectivity index (χ2v) is 6.62. The van der Waals surface area contributed by atoms with Crippen LogP contribution in [0.15, 0.2) is 78.9 Å². The predicted molar refractivity (Wildman–Crippen MR) is 115 cm³/mol. The molecule has 3 aromatic rings. The van der Waals surface area contributed by atoms with Gasteiger partial charge >= 0.3 is 12.1 Å². The van der Waals surface area contributed by atoms with Crippen molar-refractivity contribution >= 4 is 17.7 Å². The van der Waals surface area contributed by atoms with E-state index < -0.39 is 23.0 Å². The van der Waals surface area contributed by atoms with Crippen molar-refractivity contribution in [2.75, 3.05) is 7.11 Å². The van der Waals surface area contributed by atoms with E-state index in [0.717, 1.165) is 5.56 Å². The van der Waals surface area contributed by atoms with E-state index in [4.69, 9.17) is 14.2 Å². The summed E-state index contributed by atoms with van der Waals surface area (Å²) in [6.07, 6.45) is -0.730. The largest absolute Gasteiger partial charge is 0.467 e. The number of amides is 1. The number of nitro groups is 1. The minimum atomic E-state index is -0.994. The Balaban J connectivity index is 1.61. The van der Waals surface area contributed by atoms with E-state index in [1.165, 1.54) is 31.4 Å². The van der Waals surface area contributed by atoms with Crippen LogP contribution in [0.1, 0.15) is 5.56 Å². The van der Waals surface area contributed by atoms with Crippen molar-refractivity contribution in [3.63, 3.8) is 0 Å². The molecular formula is C23H20N2O7. The average molecular weight is 436 g/mol. The number of nitrogens with one attached hydrogen (secondary N) is 1. The molecule has 0 aliphatic rings. The van der Waals surface area contributed by atoms with Crippen LogP contribution in [0, 0.1) is 10.1 Å². The van der Waals surface area contributed by atoms with Crippen molar-refractivity contribution in [2.24, 2.45) is 0 Å². The molecule has 0 fully saturated rings. The van der Waals surface area contributed by atoms with Crippen LogP contribution in [-0.2, 0) is 16.0 Å². The van der Waals surface area contributed by atoms with Gasteiger partial charge in [0.05, 0.1) is 12.0 Å². The molecule has 0 aliphatic heterocycles. The highest BCUT2D eigenvalue weighted by molar-refractivity contribution is 5.82. The summed E-state index contributed by atoms with van der Waals surface area (Å²) in [5.41, 5.74) is 0.626. The van der Waals surface area contributed by atoms with Gasteiger partial charge in [0, 0.05) is 18.6 Å². The minimum absolute atomic E-state index is 0.0964. The van der Waals surface area contributed by atoms with E-state index in [0.29, 0.717) is 11.5 Å². The Morgan fingerprint density at radius 3 is 2.09 bits per heavy atom. The molecule has 1 N–H and O–H groups in total. The zero-order valence-corrected chi connectivity index (χ0v) is 17.1. The summed E-state index contributed by atoms with van der Waals surface area (Å²) < 4.78 is 15.6. The number of esters is 1. The number of carbonyl (C=O) groups excluding carboxylic acids is 2. The van der Waals surface area contributed by atoms with E-state index in [2.05, 4.69) is 5.32 Å². The lowest BCUT2D eigenvalue weighted by atomic mass is 10.1. The Kier molecular flexibility index (Phi) is 7.37. The Bertz CT molecular complexity index is 1070. The number of nitro benzene ring substituents is 1. The number of rotatable bonds is 8. The monoisotopic (exact) mass is 436 g/mol. The van der Waals surface area contributed by atoms with Crippen LogP contribution in [0.25, 0.3) is 0 Å². The Morgan fingerprint density at radius 2 is 1.50 bits per heavy atom. The smallest absolute Gasteiger partial charge is 0.413 e. The van der Waals surface area contributed by atoms with E-state index in [9.17, 15) is 19.7 Å². The number of benzene rings is 3.